The normalized spacial score (nSPS) is 23.1. The van der Waals surface area contributed by atoms with Crippen LogP contribution in [0.1, 0.15) is 24.3 Å². The number of benzene rings is 2. The highest BCUT2D eigenvalue weighted by atomic mass is 31.2. The summed E-state index contributed by atoms with van der Waals surface area (Å²) in [5, 5.41) is 27.0. The highest BCUT2D eigenvalue weighted by molar-refractivity contribution is 7.52. The van der Waals surface area contributed by atoms with E-state index in [0.29, 0.717) is 16.2 Å². The molecular weight excluding hydrogens is 644 g/mol. The number of ether oxygens (including phenoxy) is 2. The second kappa shape index (κ2) is 13.9. The predicted octanol–water partition coefficient (Wildman–Crippen LogP) is 2.74. The van der Waals surface area contributed by atoms with Gasteiger partial charge in [-0.2, -0.15) is 18.3 Å². The first-order valence-corrected chi connectivity index (χ1v) is 14.7. The van der Waals surface area contributed by atoms with E-state index in [9.17, 15) is 47.9 Å². The molecule has 0 saturated carbocycles. The number of nitrogens with one attached hydrogen (secondary N) is 2. The lowest BCUT2D eigenvalue weighted by atomic mass is 10.1. The Morgan fingerprint density at radius 2 is 1.87 bits per heavy atom. The minimum absolute atomic E-state index is 0.210. The summed E-state index contributed by atoms with van der Waals surface area (Å²) in [6.07, 6.45) is -10.1. The van der Waals surface area contributed by atoms with Crippen LogP contribution in [0.5, 0.6) is 5.75 Å². The Hall–Kier alpha value is -4.48. The lowest BCUT2D eigenvalue weighted by Gasteiger charge is -2.30. The summed E-state index contributed by atoms with van der Waals surface area (Å²) in [4.78, 5) is 40.9. The molecule has 1 saturated heterocycles. The van der Waals surface area contributed by atoms with Gasteiger partial charge in [-0.3, -0.25) is 23.7 Å². The van der Waals surface area contributed by atoms with Crippen LogP contribution in [0.3, 0.4) is 0 Å². The average molecular weight is 670 g/mol. The maximum atomic E-state index is 14.0. The van der Waals surface area contributed by atoms with Gasteiger partial charge < -0.3 is 24.2 Å². The zero-order valence-corrected chi connectivity index (χ0v) is 24.5. The molecule has 1 fully saturated rings. The molecule has 4 rings (SSSR count). The Morgan fingerprint density at radius 1 is 1.20 bits per heavy atom. The Kier molecular flexibility index (Phi) is 10.4. The summed E-state index contributed by atoms with van der Waals surface area (Å²) in [5.41, 5.74) is 3.87. The van der Waals surface area contributed by atoms with E-state index in [1.807, 2.05) is 4.98 Å². The second-order valence-electron chi connectivity index (χ2n) is 9.80. The van der Waals surface area contributed by atoms with Gasteiger partial charge in [0, 0.05) is 17.2 Å². The van der Waals surface area contributed by atoms with Crippen LogP contribution in [0, 0.1) is 0 Å². The molecule has 3 aromatic rings. The van der Waals surface area contributed by atoms with Crippen molar-refractivity contribution in [1.82, 2.24) is 14.6 Å². The first kappa shape index (κ1) is 34.4. The number of carbonyl (C=O) groups excluding carboxylic acids is 1. The molecule has 2 heterocycles. The molecule has 0 bridgehead atoms. The van der Waals surface area contributed by atoms with Crippen molar-refractivity contribution in [3.05, 3.63) is 109 Å². The van der Waals surface area contributed by atoms with Crippen LogP contribution in [0.2, 0.25) is 0 Å². The molecule has 1 aliphatic rings. The van der Waals surface area contributed by atoms with Crippen LogP contribution in [0.15, 0.2) is 81.6 Å². The van der Waals surface area contributed by atoms with Crippen LogP contribution in [0.25, 0.3) is 10.4 Å². The number of nitrogens with zero attached hydrogens (tertiary/aromatic N) is 4. The lowest BCUT2D eigenvalue weighted by molar-refractivity contribution is -0.147. The van der Waals surface area contributed by atoms with Crippen LogP contribution in [-0.4, -0.2) is 56.3 Å². The third kappa shape index (κ3) is 7.83. The molecule has 6 atom stereocenters. The molecule has 0 spiro atoms. The number of aromatic nitrogens is 2. The Balaban J connectivity index is 1.64. The van der Waals surface area contributed by atoms with E-state index in [4.69, 9.17) is 18.5 Å². The summed E-state index contributed by atoms with van der Waals surface area (Å²) in [5.74, 6) is -2.01. The Bertz CT molecular complexity index is 1770. The zero-order valence-electron chi connectivity index (χ0n) is 23.6. The van der Waals surface area contributed by atoms with Crippen molar-refractivity contribution in [1.29, 1.82) is 0 Å². The van der Waals surface area contributed by atoms with Gasteiger partial charge in [-0.25, -0.2) is 9.36 Å². The molecule has 1 aromatic heterocycles. The zero-order chi connectivity index (χ0) is 33.7. The maximum absolute atomic E-state index is 14.0. The van der Waals surface area contributed by atoms with Crippen LogP contribution >= 0.6 is 7.75 Å². The average Bonchev–Trinajstić information content (AvgIpc) is 3.24. The van der Waals surface area contributed by atoms with E-state index in [-0.39, 0.29) is 6.61 Å². The summed E-state index contributed by atoms with van der Waals surface area (Å²) in [7, 11) is -5.14. The molecule has 0 aliphatic carbocycles. The number of rotatable bonds is 12. The number of aromatic amines is 1. The smallest absolute Gasteiger partial charge is 0.459 e. The van der Waals surface area contributed by atoms with E-state index >= 15 is 0 Å². The van der Waals surface area contributed by atoms with Crippen LogP contribution < -0.4 is 20.9 Å². The molecule has 16 nitrogen and oxygen atoms in total. The van der Waals surface area contributed by atoms with Crippen molar-refractivity contribution in [3.63, 3.8) is 0 Å². The summed E-state index contributed by atoms with van der Waals surface area (Å²) < 4.78 is 77.1. The Morgan fingerprint density at radius 3 is 2.52 bits per heavy atom. The summed E-state index contributed by atoms with van der Waals surface area (Å²) in [6.45, 7) is -0.332. The molecule has 246 valence electrons. The standard InChI is InChI=1S/C26H26F3N6O10P/c1-15(23(39)42-13-16-7-3-2-4-8-16)32-46(41,45-18-10-6-5-9-17(18)26(27,28)29)43-14-25(33-34-30)21(38)20(37)22(44-25)35-12-11-19(36)31-24(35)40/h2-12,15,20-22,37-38H,13-14H2,1H3,(H,32,41)(H,31,36,40)/t15-,20+,21-,22+,25+,46?/m0/s1. The molecule has 20 heteroatoms. The predicted molar refractivity (Wildman–Crippen MR) is 150 cm³/mol. The minimum Gasteiger partial charge on any atom is -0.460 e. The van der Waals surface area contributed by atoms with Crippen molar-refractivity contribution >= 4 is 13.7 Å². The van der Waals surface area contributed by atoms with Gasteiger partial charge in [0.1, 0.15) is 30.6 Å². The number of aliphatic hydroxyl groups is 2. The SMILES string of the molecule is C[C@H](NP(=O)(OC[C@@]1(N=[N+]=[N-])O[C@@H](n2ccc(=O)[nH]c2=O)[C@H](O)[C@@H]1O)Oc1ccccc1C(F)(F)F)C(=O)OCc1ccccc1. The first-order chi connectivity index (χ1) is 21.7. The van der Waals surface area contributed by atoms with Crippen molar-refractivity contribution in [3.8, 4) is 5.75 Å². The number of alkyl halides is 3. The number of para-hydroxylation sites is 1. The molecule has 46 heavy (non-hydrogen) atoms. The van der Waals surface area contributed by atoms with Crippen LogP contribution in [0.4, 0.5) is 13.2 Å². The molecular formula is C26H26F3N6O10P. The first-order valence-electron chi connectivity index (χ1n) is 13.2. The van der Waals surface area contributed by atoms with E-state index < -0.39 is 79.3 Å². The third-order valence-corrected chi connectivity index (χ3v) is 8.13. The highest BCUT2D eigenvalue weighted by Crippen LogP contribution is 2.50. The number of H-pyrrole nitrogens is 1. The molecule has 0 radical (unpaired) electrons. The molecule has 1 unspecified atom stereocenters. The minimum atomic E-state index is -5.14. The summed E-state index contributed by atoms with van der Waals surface area (Å²) >= 11 is 0. The van der Waals surface area contributed by atoms with Gasteiger partial charge in [-0.15, -0.1) is 0 Å². The van der Waals surface area contributed by atoms with Crippen LogP contribution in [-0.2, 0) is 36.1 Å². The molecule has 0 amide bonds. The highest BCUT2D eigenvalue weighted by Gasteiger charge is 2.56. The topological polar surface area (TPSA) is 227 Å². The fraction of sp³-hybridized carbons (Fsp3) is 0.346. The van der Waals surface area contributed by atoms with E-state index in [0.717, 1.165) is 37.4 Å². The van der Waals surface area contributed by atoms with E-state index in [1.165, 1.54) is 0 Å². The largest absolute Gasteiger partial charge is 0.460 e. The van der Waals surface area contributed by atoms with Crippen molar-refractivity contribution in [2.75, 3.05) is 6.61 Å². The van der Waals surface area contributed by atoms with Gasteiger partial charge in [-0.05, 0) is 30.2 Å². The van der Waals surface area contributed by atoms with Gasteiger partial charge in [0.15, 0.2) is 6.23 Å². The number of hydrogen-bond donors (Lipinski definition) is 4. The number of hydrogen-bond acceptors (Lipinski definition) is 11. The summed E-state index contributed by atoms with van der Waals surface area (Å²) in [6, 6.07) is 11.4. The number of halogens is 3. The monoisotopic (exact) mass is 670 g/mol. The number of esters is 1. The quantitative estimate of drug-likeness (QED) is 0.0720. The van der Waals surface area contributed by atoms with Gasteiger partial charge >= 0.3 is 25.6 Å². The number of aliphatic hydroxyl groups excluding tert-OH is 2. The van der Waals surface area contributed by atoms with Gasteiger partial charge in [0.05, 0.1) is 12.2 Å². The Labute approximate surface area is 256 Å². The molecule has 1 aliphatic heterocycles. The van der Waals surface area contributed by atoms with Crippen molar-refractivity contribution < 1.29 is 51.3 Å². The van der Waals surface area contributed by atoms with Gasteiger partial charge in [0.25, 0.3) is 5.56 Å². The lowest BCUT2D eigenvalue weighted by Crippen LogP contribution is -2.45. The molecule has 4 N–H and O–H groups in total. The maximum Gasteiger partial charge on any atom is 0.459 e. The third-order valence-electron chi connectivity index (χ3n) is 6.52. The van der Waals surface area contributed by atoms with Crippen molar-refractivity contribution in [2.45, 2.75) is 49.9 Å². The van der Waals surface area contributed by atoms with E-state index in [2.05, 4.69) is 15.1 Å². The van der Waals surface area contributed by atoms with Gasteiger partial charge in [-0.1, -0.05) is 47.6 Å². The van der Waals surface area contributed by atoms with E-state index in [1.54, 1.807) is 30.3 Å². The number of carbonyl (C=O) groups is 1. The van der Waals surface area contributed by atoms with Crippen molar-refractivity contribution in [2.24, 2.45) is 5.11 Å². The number of azide groups is 1. The fourth-order valence-corrected chi connectivity index (χ4v) is 5.78. The molecule has 2 aromatic carbocycles. The van der Waals surface area contributed by atoms with Gasteiger partial charge in [0.2, 0.25) is 5.72 Å². The fourth-order valence-electron chi connectivity index (χ4n) is 4.25. The second-order valence-corrected chi connectivity index (χ2v) is 11.5.